The molecule has 0 spiro atoms. The first-order valence-corrected chi connectivity index (χ1v) is 9.35. The molecule has 1 amide bonds. The minimum atomic E-state index is -0.154. The van der Waals surface area contributed by atoms with Crippen molar-refractivity contribution < 1.29 is 14.3 Å². The van der Waals surface area contributed by atoms with Crippen LogP contribution in [0.15, 0.2) is 24.3 Å². The molecule has 3 aromatic rings. The van der Waals surface area contributed by atoms with Crippen molar-refractivity contribution in [1.29, 1.82) is 0 Å². The van der Waals surface area contributed by atoms with Gasteiger partial charge in [0, 0.05) is 29.3 Å². The van der Waals surface area contributed by atoms with Crippen molar-refractivity contribution in [2.75, 3.05) is 19.5 Å². The minimum absolute atomic E-state index is 0.0807. The number of anilines is 1. The fourth-order valence-electron chi connectivity index (χ4n) is 3.85. The average molecular weight is 393 g/mol. The largest absolute Gasteiger partial charge is 0.493 e. The standard InChI is InChI=1S/C21H23N5O3/c1-11-8-12(2)23-21(22-11)26-20-19(13(3)25-26)15(10-18(27)24-20)14-6-7-16(28-4)17(9-14)29-5/h6-9,15H,10H2,1-5H3,(H,24,27)/t15-/m0/s1. The fourth-order valence-corrected chi connectivity index (χ4v) is 3.85. The molecular weight excluding hydrogens is 370 g/mol. The van der Waals surface area contributed by atoms with Gasteiger partial charge in [0.25, 0.3) is 5.95 Å². The molecule has 0 saturated heterocycles. The highest BCUT2D eigenvalue weighted by atomic mass is 16.5. The number of aryl methyl sites for hydroxylation is 3. The predicted molar refractivity (Wildman–Crippen MR) is 108 cm³/mol. The van der Waals surface area contributed by atoms with E-state index in [9.17, 15) is 4.79 Å². The summed E-state index contributed by atoms with van der Waals surface area (Å²) < 4.78 is 12.4. The lowest BCUT2D eigenvalue weighted by atomic mass is 9.85. The molecule has 150 valence electrons. The van der Waals surface area contributed by atoms with Gasteiger partial charge in [0.1, 0.15) is 5.82 Å². The zero-order valence-corrected chi connectivity index (χ0v) is 17.1. The van der Waals surface area contributed by atoms with E-state index in [1.807, 2.05) is 45.0 Å². The highest BCUT2D eigenvalue weighted by Crippen LogP contribution is 2.42. The van der Waals surface area contributed by atoms with Crippen LogP contribution in [0.2, 0.25) is 0 Å². The second-order valence-electron chi connectivity index (χ2n) is 7.13. The normalized spacial score (nSPS) is 15.6. The number of hydrogen-bond acceptors (Lipinski definition) is 6. The zero-order chi connectivity index (χ0) is 20.7. The molecule has 1 aliphatic heterocycles. The Morgan fingerprint density at radius 1 is 1.03 bits per heavy atom. The number of methoxy groups -OCH3 is 2. The summed E-state index contributed by atoms with van der Waals surface area (Å²) in [5.41, 5.74) is 4.42. The van der Waals surface area contributed by atoms with Crippen molar-refractivity contribution in [2.45, 2.75) is 33.1 Å². The minimum Gasteiger partial charge on any atom is -0.493 e. The molecule has 0 bridgehead atoms. The molecule has 1 aliphatic rings. The molecule has 8 nitrogen and oxygen atoms in total. The molecule has 2 aromatic heterocycles. The lowest BCUT2D eigenvalue weighted by molar-refractivity contribution is -0.116. The molecule has 0 unspecified atom stereocenters. The van der Waals surface area contributed by atoms with Gasteiger partial charge < -0.3 is 14.8 Å². The maximum Gasteiger partial charge on any atom is 0.252 e. The van der Waals surface area contributed by atoms with Gasteiger partial charge in [-0.05, 0) is 44.5 Å². The molecule has 0 radical (unpaired) electrons. The Hall–Kier alpha value is -3.42. The lowest BCUT2D eigenvalue weighted by Crippen LogP contribution is -2.25. The first kappa shape index (κ1) is 18.9. The molecule has 4 rings (SSSR count). The molecule has 29 heavy (non-hydrogen) atoms. The quantitative estimate of drug-likeness (QED) is 0.732. The molecule has 1 N–H and O–H groups in total. The number of carbonyl (C=O) groups is 1. The third-order valence-electron chi connectivity index (χ3n) is 5.07. The number of benzene rings is 1. The summed E-state index contributed by atoms with van der Waals surface area (Å²) >= 11 is 0. The molecule has 8 heteroatoms. The summed E-state index contributed by atoms with van der Waals surface area (Å²) in [5.74, 6) is 2.10. The van der Waals surface area contributed by atoms with E-state index in [-0.39, 0.29) is 11.8 Å². The van der Waals surface area contributed by atoms with Gasteiger partial charge in [-0.2, -0.15) is 9.78 Å². The van der Waals surface area contributed by atoms with Gasteiger partial charge in [-0.3, -0.25) is 4.79 Å². The topological polar surface area (TPSA) is 91.2 Å². The van der Waals surface area contributed by atoms with E-state index in [2.05, 4.69) is 20.4 Å². The summed E-state index contributed by atoms with van der Waals surface area (Å²) in [6.45, 7) is 5.75. The highest BCUT2D eigenvalue weighted by Gasteiger charge is 2.33. The number of amides is 1. The Morgan fingerprint density at radius 3 is 2.38 bits per heavy atom. The number of ether oxygens (including phenoxy) is 2. The molecule has 0 aliphatic carbocycles. The first-order valence-electron chi connectivity index (χ1n) is 9.35. The van der Waals surface area contributed by atoms with Crippen molar-refractivity contribution in [3.8, 4) is 17.4 Å². The van der Waals surface area contributed by atoms with Crippen LogP contribution in [0.5, 0.6) is 11.5 Å². The second-order valence-corrected chi connectivity index (χ2v) is 7.13. The number of fused-ring (bicyclic) bond motifs is 1. The molecular formula is C21H23N5O3. The van der Waals surface area contributed by atoms with Crippen LogP contribution in [-0.2, 0) is 4.79 Å². The Balaban J connectivity index is 1.86. The first-order chi connectivity index (χ1) is 13.9. The summed E-state index contributed by atoms with van der Waals surface area (Å²) in [7, 11) is 3.20. The van der Waals surface area contributed by atoms with Crippen LogP contribution >= 0.6 is 0 Å². The molecule has 0 fully saturated rings. The van der Waals surface area contributed by atoms with Crippen LogP contribution in [0.3, 0.4) is 0 Å². The van der Waals surface area contributed by atoms with E-state index in [0.29, 0.717) is 29.7 Å². The van der Waals surface area contributed by atoms with Crippen LogP contribution in [-0.4, -0.2) is 39.9 Å². The summed E-state index contributed by atoms with van der Waals surface area (Å²) in [6, 6.07) is 7.62. The molecule has 1 atom stereocenters. The van der Waals surface area contributed by atoms with Crippen molar-refractivity contribution in [1.82, 2.24) is 19.7 Å². The third-order valence-corrected chi connectivity index (χ3v) is 5.07. The Labute approximate surface area is 168 Å². The Morgan fingerprint density at radius 2 is 1.72 bits per heavy atom. The van der Waals surface area contributed by atoms with Crippen LogP contribution in [0.1, 0.15) is 40.5 Å². The van der Waals surface area contributed by atoms with E-state index < -0.39 is 0 Å². The number of nitrogens with one attached hydrogen (secondary N) is 1. The van der Waals surface area contributed by atoms with Crippen LogP contribution < -0.4 is 14.8 Å². The van der Waals surface area contributed by atoms with Crippen LogP contribution in [0, 0.1) is 20.8 Å². The van der Waals surface area contributed by atoms with Gasteiger partial charge in [0.05, 0.1) is 19.9 Å². The number of hydrogen-bond donors (Lipinski definition) is 1. The summed E-state index contributed by atoms with van der Waals surface area (Å²) in [5, 5.41) is 7.62. The van der Waals surface area contributed by atoms with Gasteiger partial charge in [0.15, 0.2) is 11.5 Å². The smallest absolute Gasteiger partial charge is 0.252 e. The Kier molecular flexibility index (Phi) is 4.70. The van der Waals surface area contributed by atoms with Gasteiger partial charge >= 0.3 is 0 Å². The van der Waals surface area contributed by atoms with E-state index in [1.54, 1.807) is 18.9 Å². The highest BCUT2D eigenvalue weighted by molar-refractivity contribution is 5.95. The number of nitrogens with zero attached hydrogens (tertiary/aromatic N) is 4. The second kappa shape index (κ2) is 7.20. The maximum atomic E-state index is 12.6. The zero-order valence-electron chi connectivity index (χ0n) is 17.1. The SMILES string of the molecule is COc1ccc([C@@H]2CC(=O)Nc3c2c(C)nn3-c2nc(C)cc(C)n2)cc1OC. The lowest BCUT2D eigenvalue weighted by Gasteiger charge is -2.24. The number of rotatable bonds is 4. The van der Waals surface area contributed by atoms with Gasteiger partial charge in [0.2, 0.25) is 5.91 Å². The predicted octanol–water partition coefficient (Wildman–Crippen LogP) is 3.08. The molecule has 3 heterocycles. The van der Waals surface area contributed by atoms with E-state index in [4.69, 9.17) is 9.47 Å². The summed E-state index contributed by atoms with van der Waals surface area (Å²) in [4.78, 5) is 21.6. The summed E-state index contributed by atoms with van der Waals surface area (Å²) in [6.07, 6.45) is 0.322. The Bertz CT molecular complexity index is 1090. The van der Waals surface area contributed by atoms with Crippen LogP contribution in [0.4, 0.5) is 5.82 Å². The van der Waals surface area contributed by atoms with Crippen molar-refractivity contribution >= 4 is 11.7 Å². The van der Waals surface area contributed by atoms with Gasteiger partial charge in [-0.15, -0.1) is 0 Å². The maximum absolute atomic E-state index is 12.6. The van der Waals surface area contributed by atoms with E-state index >= 15 is 0 Å². The van der Waals surface area contributed by atoms with Crippen LogP contribution in [0.25, 0.3) is 5.95 Å². The monoisotopic (exact) mass is 393 g/mol. The fraction of sp³-hybridized carbons (Fsp3) is 0.333. The van der Waals surface area contributed by atoms with Crippen molar-refractivity contribution in [3.63, 3.8) is 0 Å². The average Bonchev–Trinajstić information content (AvgIpc) is 3.02. The van der Waals surface area contributed by atoms with E-state index in [1.165, 1.54) is 0 Å². The van der Waals surface area contributed by atoms with Gasteiger partial charge in [-0.25, -0.2) is 9.97 Å². The number of carbonyl (C=O) groups excluding carboxylic acids is 1. The number of aromatic nitrogens is 4. The molecule has 1 aromatic carbocycles. The van der Waals surface area contributed by atoms with Crippen molar-refractivity contribution in [3.05, 3.63) is 52.5 Å². The van der Waals surface area contributed by atoms with Crippen molar-refractivity contribution in [2.24, 2.45) is 0 Å². The molecule has 0 saturated carbocycles. The third kappa shape index (κ3) is 3.30. The van der Waals surface area contributed by atoms with Gasteiger partial charge in [-0.1, -0.05) is 6.07 Å². The van der Waals surface area contributed by atoms with E-state index in [0.717, 1.165) is 28.2 Å².